The number of carbonyl (C=O) groups is 16. The topological polar surface area (TPSA) is 582 Å². The number of rotatable bonds is 54. The molecule has 0 heterocycles. The number of aliphatic carboxylic acids is 3. The van der Waals surface area contributed by atoms with Crippen LogP contribution in [-0.4, -0.2) is 202 Å². The van der Waals surface area contributed by atoms with Crippen LogP contribution in [0.1, 0.15) is 213 Å². The fourth-order valence-electron chi connectivity index (χ4n) is 10.9. The summed E-state index contributed by atoms with van der Waals surface area (Å²) < 4.78 is 0. The summed E-state index contributed by atoms with van der Waals surface area (Å²) in [5, 5.41) is 59.9. The zero-order valence-electron chi connectivity index (χ0n) is 62.4. The lowest BCUT2D eigenvalue weighted by molar-refractivity contribution is -0.142. The molecule has 13 amide bonds. The second-order valence-corrected chi connectivity index (χ2v) is 28.8. The average molecular weight is 1480 g/mol. The summed E-state index contributed by atoms with van der Waals surface area (Å²) in [5.74, 6) is -18.5. The number of hydrogen-bond donors (Lipinski definition) is 19. The molecule has 23 N–H and O–H groups in total. The smallest absolute Gasteiger partial charge is 0.305 e. The van der Waals surface area contributed by atoms with Gasteiger partial charge in [-0.25, -0.2) is 0 Å². The van der Waals surface area contributed by atoms with Crippen molar-refractivity contribution < 1.29 is 92.0 Å². The maximum Gasteiger partial charge on any atom is 0.305 e. The molecule has 596 valence electrons. The van der Waals surface area contributed by atoms with Gasteiger partial charge in [-0.05, 0) is 151 Å². The molecule has 0 fully saturated rings. The molecule has 104 heavy (non-hydrogen) atoms. The van der Waals surface area contributed by atoms with Crippen molar-refractivity contribution in [2.75, 3.05) is 19.6 Å². The summed E-state index contributed by atoms with van der Waals surface area (Å²) in [6.07, 6.45) is -1.02. The van der Waals surface area contributed by atoms with E-state index in [1.54, 1.807) is 83.1 Å². The van der Waals surface area contributed by atoms with Gasteiger partial charge >= 0.3 is 17.9 Å². The van der Waals surface area contributed by atoms with Crippen molar-refractivity contribution in [3.8, 4) is 0 Å². The average Bonchev–Trinajstić information content (AvgIpc) is 0.859. The van der Waals surface area contributed by atoms with Crippen molar-refractivity contribution in [3.63, 3.8) is 0 Å². The molecule has 0 aromatic rings. The Labute approximate surface area is 611 Å². The molecule has 0 bridgehead atoms. The zero-order chi connectivity index (χ0) is 79.0. The molecule has 0 aliphatic carbocycles. The minimum atomic E-state index is -1.92. The zero-order valence-corrected chi connectivity index (χ0v) is 62.4. The van der Waals surface area contributed by atoms with Gasteiger partial charge < -0.3 is 102 Å². The van der Waals surface area contributed by atoms with Crippen LogP contribution in [0.2, 0.25) is 0 Å². The molecule has 0 aliphatic heterocycles. The van der Waals surface area contributed by atoms with Crippen LogP contribution in [-0.2, 0) is 76.7 Å². The minimum Gasteiger partial charge on any atom is -0.481 e. The number of hydrogen-bond acceptors (Lipinski definition) is 19. The third-order valence-corrected chi connectivity index (χ3v) is 15.9. The van der Waals surface area contributed by atoms with Crippen LogP contribution in [0.4, 0.5) is 0 Å². The lowest BCUT2D eigenvalue weighted by Crippen LogP contribution is -2.61. The normalized spacial score (nSPS) is 14.8. The second kappa shape index (κ2) is 51.5. The number of carboxylic acids is 3. The fourth-order valence-corrected chi connectivity index (χ4v) is 10.9. The summed E-state index contributed by atoms with van der Waals surface area (Å²) >= 11 is 0. The highest BCUT2D eigenvalue weighted by Crippen LogP contribution is 2.16. The van der Waals surface area contributed by atoms with Crippen molar-refractivity contribution in [3.05, 3.63) is 0 Å². The number of primary amides is 1. The number of unbranched alkanes of at least 4 members (excludes halogenated alkanes) is 3. The molecule has 0 rings (SSSR count). The van der Waals surface area contributed by atoms with E-state index < -0.39 is 186 Å². The Balaban J connectivity index is 0. The van der Waals surface area contributed by atoms with Crippen LogP contribution < -0.4 is 86.7 Å². The van der Waals surface area contributed by atoms with Crippen LogP contribution in [0.25, 0.3) is 0 Å². The molecular formula is C69H126N16O19. The van der Waals surface area contributed by atoms with E-state index in [0.29, 0.717) is 32.2 Å². The first-order valence-electron chi connectivity index (χ1n) is 35.7. The Morgan fingerprint density at radius 3 is 0.606 bits per heavy atom. The predicted molar refractivity (Wildman–Crippen MR) is 387 cm³/mol. The van der Waals surface area contributed by atoms with E-state index >= 15 is 0 Å². The first-order chi connectivity index (χ1) is 48.0. The first kappa shape index (κ1) is 97.5. The van der Waals surface area contributed by atoms with Crippen LogP contribution in [0.15, 0.2) is 0 Å². The van der Waals surface area contributed by atoms with Crippen molar-refractivity contribution in [2.24, 2.45) is 58.4 Å². The Morgan fingerprint density at radius 1 is 0.260 bits per heavy atom. The van der Waals surface area contributed by atoms with E-state index in [1.165, 1.54) is 6.92 Å². The van der Waals surface area contributed by atoms with E-state index in [-0.39, 0.29) is 127 Å². The maximum absolute atomic E-state index is 14.5. The summed E-state index contributed by atoms with van der Waals surface area (Å²) in [6, 6.07) is -17.9. The lowest BCUT2D eigenvalue weighted by Gasteiger charge is -2.29. The van der Waals surface area contributed by atoms with Crippen molar-refractivity contribution >= 4 is 94.7 Å². The second-order valence-electron chi connectivity index (χ2n) is 28.8. The van der Waals surface area contributed by atoms with Crippen LogP contribution in [0.3, 0.4) is 0 Å². The Hall–Kier alpha value is -8.60. The van der Waals surface area contributed by atoms with Gasteiger partial charge in [-0.1, -0.05) is 90.5 Å². The third-order valence-electron chi connectivity index (χ3n) is 15.9. The number of carboxylic acid groups (broad SMARTS) is 3. The molecule has 0 aromatic heterocycles. The maximum atomic E-state index is 14.5. The van der Waals surface area contributed by atoms with Crippen LogP contribution in [0.5, 0.6) is 0 Å². The molecule has 0 aromatic carbocycles. The first-order valence-corrected chi connectivity index (χ1v) is 35.7. The molecule has 12 unspecified atom stereocenters. The van der Waals surface area contributed by atoms with Crippen LogP contribution in [0, 0.1) is 35.5 Å². The van der Waals surface area contributed by atoms with Gasteiger partial charge in [0.25, 0.3) is 0 Å². The lowest BCUT2D eigenvalue weighted by atomic mass is 9.99. The Kier molecular flexibility index (Phi) is 48.3. The molecule has 12 atom stereocenters. The monoisotopic (exact) mass is 1480 g/mol. The molecule has 35 heteroatoms. The molecule has 0 saturated carbocycles. The van der Waals surface area contributed by atoms with E-state index in [4.69, 9.17) is 22.9 Å². The highest BCUT2D eigenvalue weighted by molar-refractivity contribution is 6.01. The Morgan fingerprint density at radius 2 is 0.423 bits per heavy atom. The van der Waals surface area contributed by atoms with Gasteiger partial charge in [0.15, 0.2) is 0 Å². The van der Waals surface area contributed by atoms with Gasteiger partial charge in [-0.15, -0.1) is 0 Å². The molecule has 35 nitrogen and oxygen atoms in total. The van der Waals surface area contributed by atoms with Gasteiger partial charge in [0, 0.05) is 6.92 Å². The SMILES string of the molecule is C.CC(=O)NC(CCCCN)C(=O)NC(CC(C)C)C(=O)NC(CC(=O)O)C(=O)NC(CC(C)C)C(=O)NC(CCCCN)C(=O)NC(CC(C)C)C(=O)NC(CC(=O)O)C(=O)NC(CC(C)C)C(=O)NC(CCCCN)C(=O)NC(CC(C)C)C(=O)NC(CC(=O)O)C(=O)NC(CC(C)C)C(N)=O. The summed E-state index contributed by atoms with van der Waals surface area (Å²) in [5.41, 5.74) is 22.7. The summed E-state index contributed by atoms with van der Waals surface area (Å²) in [7, 11) is 0. The van der Waals surface area contributed by atoms with E-state index in [9.17, 15) is 92.0 Å². The van der Waals surface area contributed by atoms with E-state index in [0.717, 1.165) is 0 Å². The highest BCUT2D eigenvalue weighted by Gasteiger charge is 2.39. The molecule has 0 saturated heterocycles. The third kappa shape index (κ3) is 41.6. The minimum absolute atomic E-state index is 0. The van der Waals surface area contributed by atoms with E-state index in [1.807, 2.05) is 0 Å². The fraction of sp³-hybridized carbons (Fsp3) is 0.768. The van der Waals surface area contributed by atoms with Gasteiger partial charge in [0.1, 0.15) is 72.5 Å². The van der Waals surface area contributed by atoms with E-state index in [2.05, 4.69) is 63.8 Å². The Bertz CT molecular complexity index is 2810. The van der Waals surface area contributed by atoms with Gasteiger partial charge in [-0.2, -0.15) is 0 Å². The van der Waals surface area contributed by atoms with Crippen LogP contribution >= 0.6 is 0 Å². The molecule has 0 spiro atoms. The van der Waals surface area contributed by atoms with Crippen molar-refractivity contribution in [2.45, 2.75) is 286 Å². The molecule has 0 aliphatic rings. The number of carbonyl (C=O) groups excluding carboxylic acids is 13. The molecular weight excluding hydrogens is 1360 g/mol. The standard InChI is InChI=1S/C68H122N16O19.CH4/c1-35(2)26-45(57(72)92)76-66(101)51(32-54(86)87)82-64(99)49(30-39(9)10)78-59(94)43(21-15-18-24-70)74-62(97)47(28-37(5)6)81-68(103)53(34-56(90)91)84-65(100)50(31-40(11)12)79-60(95)44(22-16-19-25-71)75-61(96)46(27-36(3)4)80-67(102)52(33-55(88)89)83-63(98)48(29-38(7)8)77-58(93)42(73-41(13)85)20-14-17-23-69;/h35-40,42-53H,14-34,69-71H2,1-13H3,(H2,72,92)(H,73,85)(H,74,97)(H,75,96)(H,76,101)(H,77,93)(H,78,94)(H,79,95)(H,80,102)(H,81,103)(H,82,99)(H,83,98)(H,84,100)(H,86,87)(H,88,89)(H,90,91);1H4. The summed E-state index contributed by atoms with van der Waals surface area (Å²) in [4.78, 5) is 216. The summed E-state index contributed by atoms with van der Waals surface area (Å²) in [6.45, 7) is 22.5. The number of amides is 13. The largest absolute Gasteiger partial charge is 0.481 e. The number of nitrogens with one attached hydrogen (secondary N) is 12. The molecule has 0 radical (unpaired) electrons. The van der Waals surface area contributed by atoms with Gasteiger partial charge in [0.2, 0.25) is 76.8 Å². The highest BCUT2D eigenvalue weighted by atomic mass is 16.4. The van der Waals surface area contributed by atoms with Crippen molar-refractivity contribution in [1.82, 2.24) is 63.8 Å². The predicted octanol–water partition coefficient (Wildman–Crippen LogP) is -0.967. The quantitative estimate of drug-likeness (QED) is 0.0326. The van der Waals surface area contributed by atoms with Crippen molar-refractivity contribution in [1.29, 1.82) is 0 Å². The van der Waals surface area contributed by atoms with Gasteiger partial charge in [0.05, 0.1) is 19.3 Å². The number of nitrogens with two attached hydrogens (primary N) is 4. The van der Waals surface area contributed by atoms with Gasteiger partial charge in [-0.3, -0.25) is 76.7 Å².